The van der Waals surface area contributed by atoms with Crippen molar-refractivity contribution in [3.8, 4) is 0 Å². The molecule has 0 aromatic carbocycles. The van der Waals surface area contributed by atoms with Crippen molar-refractivity contribution in [2.45, 2.75) is 43.7 Å². The molecule has 0 aromatic heterocycles. The lowest BCUT2D eigenvalue weighted by Gasteiger charge is -2.31. The van der Waals surface area contributed by atoms with Gasteiger partial charge in [-0.05, 0) is 13.8 Å². The van der Waals surface area contributed by atoms with Gasteiger partial charge < -0.3 is 29.2 Å². The lowest BCUT2D eigenvalue weighted by molar-refractivity contribution is -0.262. The first-order valence-electron chi connectivity index (χ1n) is 5.26. The molecule has 6 nitrogen and oxygen atoms in total. The Bertz CT molecular complexity index is 262. The smallest absolute Gasteiger partial charge is 0.187 e. The van der Waals surface area contributed by atoms with Crippen molar-refractivity contribution in [3.05, 3.63) is 0 Å². The second-order valence-corrected chi connectivity index (χ2v) is 4.62. The molecule has 2 heterocycles. The van der Waals surface area contributed by atoms with E-state index in [0.717, 1.165) is 0 Å². The summed E-state index contributed by atoms with van der Waals surface area (Å²) in [5, 5.41) is 18.7. The Kier molecular flexibility index (Phi) is 2.98. The number of hydrogen-bond acceptors (Lipinski definition) is 6. The van der Waals surface area contributed by atoms with E-state index in [1.165, 1.54) is 7.11 Å². The zero-order valence-electron chi connectivity index (χ0n) is 9.67. The van der Waals surface area contributed by atoms with E-state index >= 15 is 0 Å². The highest BCUT2D eigenvalue weighted by atomic mass is 16.8. The van der Waals surface area contributed by atoms with Gasteiger partial charge in [0.05, 0.1) is 13.2 Å². The summed E-state index contributed by atoms with van der Waals surface area (Å²) in [4.78, 5) is 0. The van der Waals surface area contributed by atoms with Crippen molar-refractivity contribution in [2.75, 3.05) is 20.3 Å². The summed E-state index contributed by atoms with van der Waals surface area (Å²) in [5.41, 5.74) is -1.15. The number of aliphatic hydroxyl groups excluding tert-OH is 2. The fourth-order valence-corrected chi connectivity index (χ4v) is 2.25. The van der Waals surface area contributed by atoms with Gasteiger partial charge in [0, 0.05) is 7.11 Å². The molecule has 0 bridgehead atoms. The maximum absolute atomic E-state index is 9.37. The van der Waals surface area contributed by atoms with Crippen LogP contribution in [0.2, 0.25) is 0 Å². The van der Waals surface area contributed by atoms with Gasteiger partial charge in [-0.25, -0.2) is 0 Å². The van der Waals surface area contributed by atoms with E-state index < -0.39 is 29.9 Å². The second kappa shape index (κ2) is 3.90. The first-order valence-corrected chi connectivity index (χ1v) is 5.26. The Labute approximate surface area is 94.1 Å². The predicted molar refractivity (Wildman–Crippen MR) is 52.6 cm³/mol. The van der Waals surface area contributed by atoms with E-state index in [1.54, 1.807) is 13.8 Å². The zero-order valence-corrected chi connectivity index (χ0v) is 9.67. The summed E-state index contributed by atoms with van der Waals surface area (Å²) in [6, 6.07) is 0. The number of fused-ring (bicyclic) bond motifs is 1. The third kappa shape index (κ3) is 1.66. The molecule has 0 amide bonds. The molecule has 6 heteroatoms. The van der Waals surface area contributed by atoms with Gasteiger partial charge in [-0.15, -0.1) is 0 Å². The normalized spacial score (nSPS) is 39.9. The van der Waals surface area contributed by atoms with Crippen LogP contribution in [0.4, 0.5) is 0 Å². The van der Waals surface area contributed by atoms with Crippen molar-refractivity contribution < 1.29 is 29.2 Å². The zero-order chi connectivity index (χ0) is 12.0. The predicted octanol–water partition coefficient (Wildman–Crippen LogP) is -0.767. The highest BCUT2D eigenvalue weighted by Crippen LogP contribution is 2.43. The van der Waals surface area contributed by atoms with Crippen molar-refractivity contribution >= 4 is 0 Å². The monoisotopic (exact) mass is 234 g/mol. The number of hydrogen-bond donors (Lipinski definition) is 2. The summed E-state index contributed by atoms with van der Waals surface area (Å²) >= 11 is 0. The third-order valence-electron chi connectivity index (χ3n) is 3.03. The van der Waals surface area contributed by atoms with Crippen LogP contribution in [0.25, 0.3) is 0 Å². The number of methoxy groups -OCH3 is 1. The molecule has 2 fully saturated rings. The van der Waals surface area contributed by atoms with Crippen molar-refractivity contribution in [3.63, 3.8) is 0 Å². The molecule has 3 atom stereocenters. The highest BCUT2D eigenvalue weighted by molar-refractivity contribution is 5.04. The van der Waals surface area contributed by atoms with E-state index in [9.17, 15) is 10.2 Å². The summed E-state index contributed by atoms with van der Waals surface area (Å²) in [6.45, 7) is 2.86. The van der Waals surface area contributed by atoms with E-state index in [1.807, 2.05) is 0 Å². The fraction of sp³-hybridized carbons (Fsp3) is 1.00. The van der Waals surface area contributed by atoms with E-state index in [0.29, 0.717) is 0 Å². The number of rotatable bonds is 3. The summed E-state index contributed by atoms with van der Waals surface area (Å²) in [6.07, 6.45) is -1.59. The average molecular weight is 234 g/mol. The highest BCUT2D eigenvalue weighted by Gasteiger charge is 2.62. The Balaban J connectivity index is 2.26. The minimum absolute atomic E-state index is 0.343. The maximum atomic E-state index is 9.37. The van der Waals surface area contributed by atoms with Crippen molar-refractivity contribution in [1.82, 2.24) is 0 Å². The average Bonchev–Trinajstić information content (AvgIpc) is 2.70. The van der Waals surface area contributed by atoms with Crippen LogP contribution >= 0.6 is 0 Å². The molecule has 0 radical (unpaired) electrons. The molecule has 2 saturated heterocycles. The minimum Gasteiger partial charge on any atom is -0.393 e. The molecule has 94 valence electrons. The van der Waals surface area contributed by atoms with Gasteiger partial charge in [0.1, 0.15) is 17.8 Å². The Morgan fingerprint density at radius 3 is 2.25 bits per heavy atom. The summed E-state index contributed by atoms with van der Waals surface area (Å²) in [7, 11) is 1.49. The quantitative estimate of drug-likeness (QED) is 0.668. The van der Waals surface area contributed by atoms with Gasteiger partial charge in [0.25, 0.3) is 0 Å². The van der Waals surface area contributed by atoms with Crippen LogP contribution in [0, 0.1) is 0 Å². The number of aliphatic hydroxyl groups is 2. The standard InChI is InChI=1S/C10H18O6/c1-9(2)14-6-7(15-9)10(4-11,5-12)16-8(6)13-3/h6-8,11-12H,4-5H2,1-3H3/t6?,7?,8-/m1/s1. The Morgan fingerprint density at radius 1 is 1.12 bits per heavy atom. The van der Waals surface area contributed by atoms with Gasteiger partial charge in [-0.2, -0.15) is 0 Å². The summed E-state index contributed by atoms with van der Waals surface area (Å²) in [5.74, 6) is -0.758. The van der Waals surface area contributed by atoms with Crippen LogP contribution in [-0.4, -0.2) is 60.4 Å². The topological polar surface area (TPSA) is 77.4 Å². The van der Waals surface area contributed by atoms with Gasteiger partial charge in [-0.1, -0.05) is 0 Å². The van der Waals surface area contributed by atoms with Gasteiger partial charge >= 0.3 is 0 Å². The van der Waals surface area contributed by atoms with Crippen LogP contribution in [0.3, 0.4) is 0 Å². The number of ether oxygens (including phenoxy) is 4. The van der Waals surface area contributed by atoms with E-state index in [4.69, 9.17) is 18.9 Å². The van der Waals surface area contributed by atoms with Crippen LogP contribution in [0.5, 0.6) is 0 Å². The minimum atomic E-state index is -1.15. The molecule has 2 rings (SSSR count). The fourth-order valence-electron chi connectivity index (χ4n) is 2.25. The molecular weight excluding hydrogens is 216 g/mol. The van der Waals surface area contributed by atoms with E-state index in [-0.39, 0.29) is 13.2 Å². The Hall–Kier alpha value is -0.240. The lowest BCUT2D eigenvalue weighted by atomic mass is 9.97. The maximum Gasteiger partial charge on any atom is 0.187 e. The molecule has 0 saturated carbocycles. The second-order valence-electron chi connectivity index (χ2n) is 4.62. The van der Waals surface area contributed by atoms with E-state index in [2.05, 4.69) is 0 Å². The first kappa shape index (κ1) is 12.2. The molecule has 0 spiro atoms. The lowest BCUT2D eigenvalue weighted by Crippen LogP contribution is -2.49. The van der Waals surface area contributed by atoms with Gasteiger partial charge in [0.2, 0.25) is 0 Å². The van der Waals surface area contributed by atoms with Crippen LogP contribution in [0.1, 0.15) is 13.8 Å². The Morgan fingerprint density at radius 2 is 1.75 bits per heavy atom. The third-order valence-corrected chi connectivity index (χ3v) is 3.03. The van der Waals surface area contributed by atoms with Crippen LogP contribution < -0.4 is 0 Å². The molecule has 2 unspecified atom stereocenters. The van der Waals surface area contributed by atoms with Gasteiger partial charge in [-0.3, -0.25) is 0 Å². The molecule has 2 aliphatic heterocycles. The van der Waals surface area contributed by atoms with Crippen LogP contribution in [-0.2, 0) is 18.9 Å². The van der Waals surface area contributed by atoms with Crippen molar-refractivity contribution in [2.24, 2.45) is 0 Å². The largest absolute Gasteiger partial charge is 0.393 e. The molecular formula is C10H18O6. The summed E-state index contributed by atoms with van der Waals surface area (Å²) < 4.78 is 21.9. The van der Waals surface area contributed by atoms with Gasteiger partial charge in [0.15, 0.2) is 12.1 Å². The van der Waals surface area contributed by atoms with Crippen LogP contribution in [0.15, 0.2) is 0 Å². The van der Waals surface area contributed by atoms with Crippen molar-refractivity contribution in [1.29, 1.82) is 0 Å². The molecule has 0 aliphatic carbocycles. The first-order chi connectivity index (χ1) is 7.48. The SMILES string of the molecule is CO[C@@H]1OC(CO)(CO)C2OC(C)(C)OC21. The molecule has 2 aliphatic rings. The molecule has 2 N–H and O–H groups in total. The molecule has 16 heavy (non-hydrogen) atoms. The molecule has 0 aromatic rings.